The fourth-order valence-electron chi connectivity index (χ4n) is 1.97. The Balaban J connectivity index is 2.58. The van der Waals surface area contributed by atoms with Crippen LogP contribution in [0.3, 0.4) is 0 Å². The van der Waals surface area contributed by atoms with E-state index in [9.17, 15) is 8.42 Å². The Morgan fingerprint density at radius 2 is 2.06 bits per heavy atom. The lowest BCUT2D eigenvalue weighted by Gasteiger charge is -2.05. The Bertz CT molecular complexity index is 656. The Hall–Kier alpha value is -1.49. The molecule has 0 spiro atoms. The third-order valence-corrected chi connectivity index (χ3v) is 4.61. The van der Waals surface area contributed by atoms with Gasteiger partial charge in [-0.3, -0.25) is 0 Å². The molecule has 0 aliphatic heterocycles. The molecule has 2 rings (SSSR count). The highest BCUT2D eigenvalue weighted by Crippen LogP contribution is 2.25. The van der Waals surface area contributed by atoms with Gasteiger partial charge in [-0.15, -0.1) is 0 Å². The monoisotopic (exact) mass is 252 g/mol. The largest absolute Gasteiger partial charge is 0.397 e. The van der Waals surface area contributed by atoms with Crippen molar-refractivity contribution in [2.75, 3.05) is 11.5 Å². The van der Waals surface area contributed by atoms with E-state index in [-0.39, 0.29) is 11.5 Å². The third kappa shape index (κ3) is 2.15. The van der Waals surface area contributed by atoms with E-state index in [1.165, 1.54) is 0 Å². The molecule has 5 heteroatoms. The summed E-state index contributed by atoms with van der Waals surface area (Å²) < 4.78 is 25.1. The van der Waals surface area contributed by atoms with Crippen molar-refractivity contribution in [3.8, 4) is 0 Å². The zero-order valence-corrected chi connectivity index (χ0v) is 10.8. The predicted molar refractivity (Wildman–Crippen MR) is 70.5 cm³/mol. The number of sulfone groups is 1. The number of benzene rings is 1. The molecule has 0 bridgehead atoms. The van der Waals surface area contributed by atoms with Crippen molar-refractivity contribution in [2.24, 2.45) is 7.05 Å². The molecule has 0 aliphatic rings. The van der Waals surface area contributed by atoms with Gasteiger partial charge in [0.2, 0.25) is 0 Å². The Labute approximate surface area is 101 Å². The number of nitrogens with two attached hydrogens (primary N) is 1. The summed E-state index contributed by atoms with van der Waals surface area (Å²) in [6.07, 6.45) is 0. The maximum atomic E-state index is 11.6. The van der Waals surface area contributed by atoms with Crippen LogP contribution in [0.4, 0.5) is 5.69 Å². The molecule has 2 aromatic rings. The van der Waals surface area contributed by atoms with Gasteiger partial charge in [-0.05, 0) is 12.1 Å². The van der Waals surface area contributed by atoms with Crippen LogP contribution in [0.5, 0.6) is 0 Å². The first-order valence-electron chi connectivity index (χ1n) is 5.48. The lowest BCUT2D eigenvalue weighted by molar-refractivity contribution is 0.595. The van der Waals surface area contributed by atoms with Crippen LogP contribution in [0.15, 0.2) is 24.3 Å². The minimum absolute atomic E-state index is 0.0636. The standard InChI is InChI=1S/C12H16N2O2S/c1-3-17(15,16)8-10-7-9-5-4-6-11(13)12(9)14(10)2/h4-7H,3,8,13H2,1-2H3. The molecule has 17 heavy (non-hydrogen) atoms. The summed E-state index contributed by atoms with van der Waals surface area (Å²) >= 11 is 0. The van der Waals surface area contributed by atoms with Crippen LogP contribution in [-0.2, 0) is 22.6 Å². The summed E-state index contributed by atoms with van der Waals surface area (Å²) in [5.74, 6) is 0.220. The van der Waals surface area contributed by atoms with Gasteiger partial charge in [-0.1, -0.05) is 19.1 Å². The van der Waals surface area contributed by atoms with Crippen LogP contribution >= 0.6 is 0 Å². The Morgan fingerprint density at radius 1 is 1.35 bits per heavy atom. The van der Waals surface area contributed by atoms with Gasteiger partial charge in [-0.25, -0.2) is 8.42 Å². The predicted octanol–water partition coefficient (Wildman–Crippen LogP) is 1.70. The second-order valence-corrected chi connectivity index (χ2v) is 6.51. The lowest BCUT2D eigenvalue weighted by atomic mass is 10.2. The molecule has 1 heterocycles. The van der Waals surface area contributed by atoms with E-state index < -0.39 is 9.84 Å². The molecule has 0 unspecified atom stereocenters. The molecule has 1 aromatic heterocycles. The van der Waals surface area contributed by atoms with E-state index in [1.807, 2.05) is 35.9 Å². The minimum atomic E-state index is -3.02. The van der Waals surface area contributed by atoms with Gasteiger partial charge in [-0.2, -0.15) is 0 Å². The fraction of sp³-hybridized carbons (Fsp3) is 0.333. The van der Waals surface area contributed by atoms with Gasteiger partial charge in [0.1, 0.15) is 0 Å². The van der Waals surface area contributed by atoms with Crippen molar-refractivity contribution in [1.82, 2.24) is 4.57 Å². The summed E-state index contributed by atoms with van der Waals surface area (Å²) in [6.45, 7) is 1.66. The average Bonchev–Trinajstić information content (AvgIpc) is 2.57. The first kappa shape index (κ1) is 12.0. The van der Waals surface area contributed by atoms with Crippen LogP contribution in [0.1, 0.15) is 12.6 Å². The van der Waals surface area contributed by atoms with E-state index in [1.54, 1.807) is 6.92 Å². The van der Waals surface area contributed by atoms with E-state index in [0.717, 1.165) is 16.6 Å². The molecule has 0 amide bonds. The Kier molecular flexibility index (Phi) is 2.87. The van der Waals surface area contributed by atoms with E-state index in [4.69, 9.17) is 5.73 Å². The van der Waals surface area contributed by atoms with Crippen LogP contribution in [0, 0.1) is 0 Å². The summed E-state index contributed by atoms with van der Waals surface area (Å²) in [5, 5.41) is 0.980. The number of aryl methyl sites for hydroxylation is 1. The van der Waals surface area contributed by atoms with Crippen LogP contribution in [0.25, 0.3) is 10.9 Å². The number of hydrogen-bond acceptors (Lipinski definition) is 3. The number of anilines is 1. The lowest BCUT2D eigenvalue weighted by Crippen LogP contribution is -2.09. The molecule has 92 valence electrons. The minimum Gasteiger partial charge on any atom is -0.397 e. The molecule has 0 radical (unpaired) electrons. The topological polar surface area (TPSA) is 65.1 Å². The van der Waals surface area contributed by atoms with Gasteiger partial charge >= 0.3 is 0 Å². The summed E-state index contributed by atoms with van der Waals surface area (Å²) in [4.78, 5) is 0. The van der Waals surface area contributed by atoms with E-state index in [2.05, 4.69) is 0 Å². The number of aromatic nitrogens is 1. The third-order valence-electron chi connectivity index (χ3n) is 2.99. The van der Waals surface area contributed by atoms with Crippen LogP contribution < -0.4 is 5.73 Å². The number of hydrogen-bond donors (Lipinski definition) is 1. The van der Waals surface area contributed by atoms with E-state index >= 15 is 0 Å². The normalized spacial score (nSPS) is 12.1. The van der Waals surface area contributed by atoms with Gasteiger partial charge in [0.25, 0.3) is 0 Å². The smallest absolute Gasteiger partial charge is 0.155 e. The molecule has 4 nitrogen and oxygen atoms in total. The molecule has 2 N–H and O–H groups in total. The first-order valence-corrected chi connectivity index (χ1v) is 7.30. The SMILES string of the molecule is CCS(=O)(=O)Cc1cc2cccc(N)c2n1C. The van der Waals surface area contributed by atoms with Crippen molar-refractivity contribution in [1.29, 1.82) is 0 Å². The highest BCUT2D eigenvalue weighted by Gasteiger charge is 2.14. The second kappa shape index (κ2) is 4.07. The molecule has 0 atom stereocenters. The molecular formula is C12H16N2O2S. The number of rotatable bonds is 3. The number of fused-ring (bicyclic) bond motifs is 1. The van der Waals surface area contributed by atoms with Crippen molar-refractivity contribution in [3.05, 3.63) is 30.0 Å². The highest BCUT2D eigenvalue weighted by atomic mass is 32.2. The van der Waals surface area contributed by atoms with Gasteiger partial charge in [0.05, 0.1) is 17.0 Å². The Morgan fingerprint density at radius 3 is 2.65 bits per heavy atom. The fourth-order valence-corrected chi connectivity index (χ4v) is 2.90. The van der Waals surface area contributed by atoms with Crippen LogP contribution in [-0.4, -0.2) is 18.7 Å². The van der Waals surface area contributed by atoms with Crippen molar-refractivity contribution in [2.45, 2.75) is 12.7 Å². The average molecular weight is 252 g/mol. The first-order chi connectivity index (χ1) is 7.94. The molecule has 0 aliphatic carbocycles. The number of nitrogen functional groups attached to an aromatic ring is 1. The zero-order valence-electron chi connectivity index (χ0n) is 9.97. The zero-order chi connectivity index (χ0) is 12.6. The summed E-state index contributed by atoms with van der Waals surface area (Å²) in [7, 11) is -1.17. The summed E-state index contributed by atoms with van der Waals surface area (Å²) in [6, 6.07) is 7.52. The van der Waals surface area contributed by atoms with Crippen LogP contribution in [0.2, 0.25) is 0 Å². The molecule has 0 fully saturated rings. The van der Waals surface area contributed by atoms with E-state index in [0.29, 0.717) is 5.69 Å². The number of nitrogens with zero attached hydrogens (tertiary/aromatic N) is 1. The van der Waals surface area contributed by atoms with Gasteiger partial charge in [0.15, 0.2) is 9.84 Å². The number of para-hydroxylation sites is 1. The maximum Gasteiger partial charge on any atom is 0.155 e. The van der Waals surface area contributed by atoms with Gasteiger partial charge < -0.3 is 10.3 Å². The van der Waals surface area contributed by atoms with Crippen molar-refractivity contribution >= 4 is 26.4 Å². The molecular weight excluding hydrogens is 236 g/mol. The quantitative estimate of drug-likeness (QED) is 0.845. The summed E-state index contributed by atoms with van der Waals surface area (Å²) in [5.41, 5.74) is 8.24. The van der Waals surface area contributed by atoms with Crippen molar-refractivity contribution in [3.63, 3.8) is 0 Å². The van der Waals surface area contributed by atoms with Gasteiger partial charge in [0, 0.05) is 23.9 Å². The second-order valence-electron chi connectivity index (χ2n) is 4.16. The molecule has 1 aromatic carbocycles. The molecule has 0 saturated carbocycles. The molecule has 0 saturated heterocycles. The highest BCUT2D eigenvalue weighted by molar-refractivity contribution is 7.90. The van der Waals surface area contributed by atoms with Crippen molar-refractivity contribution < 1.29 is 8.42 Å². The maximum absolute atomic E-state index is 11.6.